The predicted octanol–water partition coefficient (Wildman–Crippen LogP) is 2.82. The number of aryl methyl sites for hydroxylation is 1. The zero-order valence-electron chi connectivity index (χ0n) is 9.21. The first-order chi connectivity index (χ1) is 8.29. The van der Waals surface area contributed by atoms with Crippen LogP contribution in [0.15, 0.2) is 36.0 Å². The maximum atomic E-state index is 9.05. The van der Waals surface area contributed by atoms with Crippen molar-refractivity contribution in [3.63, 3.8) is 0 Å². The van der Waals surface area contributed by atoms with Gasteiger partial charge < -0.3 is 5.32 Å². The van der Waals surface area contributed by atoms with Crippen molar-refractivity contribution in [3.05, 3.63) is 46.7 Å². The van der Waals surface area contributed by atoms with Crippen LogP contribution < -0.4 is 5.32 Å². The highest BCUT2D eigenvalue weighted by Gasteiger charge is 2.04. The standard InChI is InChI=1S/C12H10N4S/c1-9-8-17-12(16-9)10(6-13)7-15-11-4-2-3-5-14-11/h2-5,7-8H,1H3,(H,14,15). The van der Waals surface area contributed by atoms with Crippen LogP contribution in [0, 0.1) is 18.3 Å². The summed E-state index contributed by atoms with van der Waals surface area (Å²) in [5, 5.41) is 14.7. The molecule has 0 fully saturated rings. The smallest absolute Gasteiger partial charge is 0.135 e. The SMILES string of the molecule is Cc1csc(C(C#N)=CNc2ccccn2)n1. The number of aromatic nitrogens is 2. The highest BCUT2D eigenvalue weighted by atomic mass is 32.1. The third-order valence-electron chi connectivity index (χ3n) is 2.00. The summed E-state index contributed by atoms with van der Waals surface area (Å²) in [7, 11) is 0. The van der Waals surface area contributed by atoms with Crippen LogP contribution in [-0.4, -0.2) is 9.97 Å². The Morgan fingerprint density at radius 1 is 1.53 bits per heavy atom. The van der Waals surface area contributed by atoms with Crippen molar-refractivity contribution in [2.24, 2.45) is 0 Å². The van der Waals surface area contributed by atoms with Gasteiger partial charge in [-0.05, 0) is 19.1 Å². The molecule has 2 rings (SSSR count). The molecule has 0 bridgehead atoms. The molecule has 5 heteroatoms. The fourth-order valence-electron chi connectivity index (χ4n) is 1.21. The number of thiazole rings is 1. The number of hydrogen-bond acceptors (Lipinski definition) is 5. The number of nitrogens with one attached hydrogen (secondary N) is 1. The Bertz CT molecular complexity index is 566. The van der Waals surface area contributed by atoms with Crippen molar-refractivity contribution in [2.75, 3.05) is 5.32 Å². The highest BCUT2D eigenvalue weighted by molar-refractivity contribution is 7.10. The van der Waals surface area contributed by atoms with Gasteiger partial charge in [0.15, 0.2) is 0 Å². The zero-order chi connectivity index (χ0) is 12.1. The first-order valence-electron chi connectivity index (χ1n) is 5.00. The molecule has 0 radical (unpaired) electrons. The summed E-state index contributed by atoms with van der Waals surface area (Å²) >= 11 is 1.46. The zero-order valence-corrected chi connectivity index (χ0v) is 10.0. The lowest BCUT2D eigenvalue weighted by Crippen LogP contribution is -1.92. The first kappa shape index (κ1) is 11.3. The summed E-state index contributed by atoms with van der Waals surface area (Å²) in [5.41, 5.74) is 1.43. The average molecular weight is 242 g/mol. The lowest BCUT2D eigenvalue weighted by atomic mass is 10.3. The molecule has 2 aromatic rings. The number of hydrogen-bond donors (Lipinski definition) is 1. The molecule has 0 unspecified atom stereocenters. The van der Waals surface area contributed by atoms with Crippen molar-refractivity contribution in [2.45, 2.75) is 6.92 Å². The van der Waals surface area contributed by atoms with E-state index < -0.39 is 0 Å². The van der Waals surface area contributed by atoms with Gasteiger partial charge in [0.05, 0.1) is 0 Å². The molecule has 1 N–H and O–H groups in total. The van der Waals surface area contributed by atoms with Gasteiger partial charge in [0.25, 0.3) is 0 Å². The van der Waals surface area contributed by atoms with Crippen molar-refractivity contribution in [1.82, 2.24) is 9.97 Å². The molecule has 17 heavy (non-hydrogen) atoms. The third kappa shape index (κ3) is 2.89. The van der Waals surface area contributed by atoms with Crippen LogP contribution in [0.3, 0.4) is 0 Å². The molecule has 0 aromatic carbocycles. The fourth-order valence-corrected chi connectivity index (χ4v) is 1.98. The van der Waals surface area contributed by atoms with E-state index in [0.29, 0.717) is 16.4 Å². The van der Waals surface area contributed by atoms with Crippen LogP contribution in [0.5, 0.6) is 0 Å². The van der Waals surface area contributed by atoms with Gasteiger partial charge in [0.2, 0.25) is 0 Å². The molecule has 2 heterocycles. The number of pyridine rings is 1. The molecule has 0 aliphatic carbocycles. The minimum atomic E-state index is 0.508. The van der Waals surface area contributed by atoms with Gasteiger partial charge in [-0.3, -0.25) is 0 Å². The number of rotatable bonds is 3. The summed E-state index contributed by atoms with van der Waals surface area (Å²) in [6.07, 6.45) is 3.32. The molecular weight excluding hydrogens is 232 g/mol. The van der Waals surface area contributed by atoms with E-state index >= 15 is 0 Å². The van der Waals surface area contributed by atoms with E-state index in [2.05, 4.69) is 21.4 Å². The van der Waals surface area contributed by atoms with Crippen LogP contribution in [0.25, 0.3) is 5.57 Å². The van der Waals surface area contributed by atoms with E-state index in [-0.39, 0.29) is 0 Å². The quantitative estimate of drug-likeness (QED) is 0.841. The minimum Gasteiger partial charge on any atom is -0.345 e. The van der Waals surface area contributed by atoms with Crippen LogP contribution in [0.4, 0.5) is 5.82 Å². The van der Waals surface area contributed by atoms with Crippen molar-refractivity contribution >= 4 is 22.7 Å². The van der Waals surface area contributed by atoms with Crippen molar-refractivity contribution in [3.8, 4) is 6.07 Å². The Morgan fingerprint density at radius 3 is 3.00 bits per heavy atom. The van der Waals surface area contributed by atoms with Gasteiger partial charge in [0.1, 0.15) is 22.5 Å². The van der Waals surface area contributed by atoms with E-state index in [1.807, 2.05) is 30.5 Å². The van der Waals surface area contributed by atoms with E-state index in [9.17, 15) is 0 Å². The maximum absolute atomic E-state index is 9.05. The van der Waals surface area contributed by atoms with Gasteiger partial charge in [-0.25, -0.2) is 9.97 Å². The van der Waals surface area contributed by atoms with E-state index in [4.69, 9.17) is 5.26 Å². The molecule has 0 saturated heterocycles. The van der Waals surface area contributed by atoms with Gasteiger partial charge in [-0.15, -0.1) is 11.3 Å². The van der Waals surface area contributed by atoms with Gasteiger partial charge in [-0.1, -0.05) is 6.07 Å². The molecular formula is C12H10N4S. The molecule has 0 saturated carbocycles. The lowest BCUT2D eigenvalue weighted by Gasteiger charge is -1.98. The van der Waals surface area contributed by atoms with Crippen molar-refractivity contribution in [1.29, 1.82) is 5.26 Å². The number of anilines is 1. The van der Waals surface area contributed by atoms with Gasteiger partial charge in [-0.2, -0.15) is 5.26 Å². The van der Waals surface area contributed by atoms with Crippen LogP contribution in [-0.2, 0) is 0 Å². The van der Waals surface area contributed by atoms with Gasteiger partial charge in [0, 0.05) is 23.5 Å². The Labute approximate surface area is 103 Å². The molecule has 0 amide bonds. The molecule has 0 atom stereocenters. The van der Waals surface area contributed by atoms with Crippen LogP contribution in [0.1, 0.15) is 10.7 Å². The van der Waals surface area contributed by atoms with Gasteiger partial charge >= 0.3 is 0 Å². The normalized spacial score (nSPS) is 10.9. The summed E-state index contributed by atoms with van der Waals surface area (Å²) in [4.78, 5) is 8.36. The second-order valence-corrected chi connectivity index (χ2v) is 4.18. The predicted molar refractivity (Wildman–Crippen MR) is 68.3 cm³/mol. The summed E-state index contributed by atoms with van der Waals surface area (Å²) < 4.78 is 0. The molecule has 0 aliphatic heterocycles. The first-order valence-corrected chi connectivity index (χ1v) is 5.88. The highest BCUT2D eigenvalue weighted by Crippen LogP contribution is 2.18. The average Bonchev–Trinajstić information content (AvgIpc) is 2.78. The Morgan fingerprint density at radius 2 is 2.41 bits per heavy atom. The van der Waals surface area contributed by atoms with E-state index in [1.54, 1.807) is 12.4 Å². The van der Waals surface area contributed by atoms with E-state index in [1.165, 1.54) is 11.3 Å². The Kier molecular flexibility index (Phi) is 3.48. The third-order valence-corrected chi connectivity index (χ3v) is 2.99. The number of nitrogens with zero attached hydrogens (tertiary/aromatic N) is 3. The second kappa shape index (κ2) is 5.23. The second-order valence-electron chi connectivity index (χ2n) is 3.32. The lowest BCUT2D eigenvalue weighted by molar-refractivity contribution is 1.24. The maximum Gasteiger partial charge on any atom is 0.135 e. The monoisotopic (exact) mass is 242 g/mol. The minimum absolute atomic E-state index is 0.508. The van der Waals surface area contributed by atoms with Crippen LogP contribution in [0.2, 0.25) is 0 Å². The largest absolute Gasteiger partial charge is 0.345 e. The summed E-state index contributed by atoms with van der Waals surface area (Å²) in [5.74, 6) is 0.702. The number of nitriles is 1. The molecule has 0 aliphatic rings. The van der Waals surface area contributed by atoms with E-state index in [0.717, 1.165) is 5.69 Å². The molecule has 0 spiro atoms. The Hall–Kier alpha value is -2.19. The molecule has 2 aromatic heterocycles. The topological polar surface area (TPSA) is 61.6 Å². The number of allylic oxidation sites excluding steroid dienone is 1. The summed E-state index contributed by atoms with van der Waals surface area (Å²) in [6, 6.07) is 7.67. The fraction of sp³-hybridized carbons (Fsp3) is 0.0833. The Balaban J connectivity index is 2.17. The van der Waals surface area contributed by atoms with Crippen molar-refractivity contribution < 1.29 is 0 Å². The summed E-state index contributed by atoms with van der Waals surface area (Å²) in [6.45, 7) is 1.90. The molecule has 4 nitrogen and oxygen atoms in total. The van der Waals surface area contributed by atoms with Crippen LogP contribution >= 0.6 is 11.3 Å². The molecule has 84 valence electrons.